The molecule has 0 heterocycles. The lowest BCUT2D eigenvalue weighted by Crippen LogP contribution is -2.30. The normalized spacial score (nSPS) is 11.6. The quantitative estimate of drug-likeness (QED) is 0.712. The Hall–Kier alpha value is -2.34. The van der Waals surface area contributed by atoms with Crippen LogP contribution in [0, 0.1) is 13.8 Å². The second-order valence-electron chi connectivity index (χ2n) is 6.10. The highest BCUT2D eigenvalue weighted by Gasteiger charge is 2.20. The van der Waals surface area contributed by atoms with Crippen molar-refractivity contribution in [2.24, 2.45) is 0 Å². The molecule has 0 spiro atoms. The number of esters is 1. The second kappa shape index (κ2) is 8.85. The number of ether oxygens (including phenoxy) is 2. The van der Waals surface area contributed by atoms with E-state index < -0.39 is 12.1 Å². The van der Waals surface area contributed by atoms with Gasteiger partial charge < -0.3 is 14.8 Å². The van der Waals surface area contributed by atoms with E-state index in [9.17, 15) is 9.59 Å². The van der Waals surface area contributed by atoms with Gasteiger partial charge in [-0.05, 0) is 60.5 Å². The third-order valence-electron chi connectivity index (χ3n) is 3.83. The first-order valence-electron chi connectivity index (χ1n) is 8.20. The standard InChI is InChI=1S/C20H22BrNO4/c1-12-6-8-18(25-4)15(9-12)11-19(23)26-14(3)20(24)22-17-7-5-13(2)10-16(17)21/h5-10,14H,11H2,1-4H3,(H,22,24)/t14-/m1/s1. The number of halogens is 1. The van der Waals surface area contributed by atoms with Crippen LogP contribution in [0.2, 0.25) is 0 Å². The van der Waals surface area contributed by atoms with Crippen molar-refractivity contribution >= 4 is 33.5 Å². The lowest BCUT2D eigenvalue weighted by molar-refractivity contribution is -0.152. The van der Waals surface area contributed by atoms with Gasteiger partial charge in [-0.2, -0.15) is 0 Å². The Morgan fingerprint density at radius 1 is 1.12 bits per heavy atom. The van der Waals surface area contributed by atoms with E-state index in [1.165, 1.54) is 0 Å². The van der Waals surface area contributed by atoms with Crippen molar-refractivity contribution in [1.29, 1.82) is 0 Å². The molecule has 0 aromatic heterocycles. The van der Waals surface area contributed by atoms with Crippen LogP contribution in [0.1, 0.15) is 23.6 Å². The van der Waals surface area contributed by atoms with Crippen molar-refractivity contribution in [2.45, 2.75) is 33.3 Å². The van der Waals surface area contributed by atoms with E-state index in [0.717, 1.165) is 21.2 Å². The number of nitrogens with one attached hydrogen (secondary N) is 1. The number of rotatable bonds is 6. The van der Waals surface area contributed by atoms with Gasteiger partial charge in [0.25, 0.3) is 5.91 Å². The number of hydrogen-bond acceptors (Lipinski definition) is 4. The second-order valence-corrected chi connectivity index (χ2v) is 6.95. The molecule has 138 valence electrons. The van der Waals surface area contributed by atoms with Gasteiger partial charge in [0.2, 0.25) is 0 Å². The predicted molar refractivity (Wildman–Crippen MR) is 104 cm³/mol. The zero-order chi connectivity index (χ0) is 19.3. The molecular weight excluding hydrogens is 398 g/mol. The average Bonchev–Trinajstić information content (AvgIpc) is 2.57. The van der Waals surface area contributed by atoms with Gasteiger partial charge in [0.1, 0.15) is 5.75 Å². The molecule has 0 aliphatic heterocycles. The van der Waals surface area contributed by atoms with Crippen LogP contribution in [0.5, 0.6) is 5.75 Å². The lowest BCUT2D eigenvalue weighted by atomic mass is 10.1. The molecule has 2 aromatic rings. The number of aryl methyl sites for hydroxylation is 2. The Morgan fingerprint density at radius 3 is 2.42 bits per heavy atom. The van der Waals surface area contributed by atoms with E-state index in [4.69, 9.17) is 9.47 Å². The van der Waals surface area contributed by atoms with Crippen LogP contribution in [0.4, 0.5) is 5.69 Å². The van der Waals surface area contributed by atoms with Crippen LogP contribution in [0.3, 0.4) is 0 Å². The maximum atomic E-state index is 12.3. The average molecular weight is 420 g/mol. The van der Waals surface area contributed by atoms with Gasteiger partial charge in [-0.1, -0.05) is 23.8 Å². The molecule has 1 amide bonds. The number of carbonyl (C=O) groups excluding carboxylic acids is 2. The minimum Gasteiger partial charge on any atom is -0.496 e. The molecular formula is C20H22BrNO4. The van der Waals surface area contributed by atoms with E-state index in [2.05, 4.69) is 21.2 Å². The largest absolute Gasteiger partial charge is 0.496 e. The van der Waals surface area contributed by atoms with Crippen molar-refractivity contribution < 1.29 is 19.1 Å². The summed E-state index contributed by atoms with van der Waals surface area (Å²) in [6, 6.07) is 11.2. The van der Waals surface area contributed by atoms with Crippen LogP contribution in [-0.4, -0.2) is 25.1 Å². The topological polar surface area (TPSA) is 64.6 Å². The van der Waals surface area contributed by atoms with E-state index in [1.54, 1.807) is 20.1 Å². The SMILES string of the molecule is COc1ccc(C)cc1CC(=O)O[C@H](C)C(=O)Nc1ccc(C)cc1Br. The summed E-state index contributed by atoms with van der Waals surface area (Å²) < 4.78 is 11.3. The van der Waals surface area contributed by atoms with Gasteiger partial charge >= 0.3 is 5.97 Å². The summed E-state index contributed by atoms with van der Waals surface area (Å²) in [6.45, 7) is 5.44. The Balaban J connectivity index is 1.98. The zero-order valence-electron chi connectivity index (χ0n) is 15.3. The molecule has 5 nitrogen and oxygen atoms in total. The molecule has 2 aromatic carbocycles. The maximum Gasteiger partial charge on any atom is 0.311 e. The molecule has 0 radical (unpaired) electrons. The first kappa shape index (κ1) is 20.0. The number of anilines is 1. The van der Waals surface area contributed by atoms with Gasteiger partial charge in [0.05, 0.1) is 19.2 Å². The van der Waals surface area contributed by atoms with Gasteiger partial charge in [0.15, 0.2) is 6.10 Å². The zero-order valence-corrected chi connectivity index (χ0v) is 16.8. The van der Waals surface area contributed by atoms with Gasteiger partial charge in [-0.3, -0.25) is 9.59 Å². The summed E-state index contributed by atoms with van der Waals surface area (Å²) in [6.07, 6.45) is -0.872. The summed E-state index contributed by atoms with van der Waals surface area (Å²) in [4.78, 5) is 24.5. The highest BCUT2D eigenvalue weighted by molar-refractivity contribution is 9.10. The highest BCUT2D eigenvalue weighted by atomic mass is 79.9. The summed E-state index contributed by atoms with van der Waals surface area (Å²) in [5, 5.41) is 2.75. The summed E-state index contributed by atoms with van der Waals surface area (Å²) in [7, 11) is 1.55. The van der Waals surface area contributed by atoms with Crippen molar-refractivity contribution in [1.82, 2.24) is 0 Å². The first-order chi connectivity index (χ1) is 12.3. The van der Waals surface area contributed by atoms with E-state index >= 15 is 0 Å². The molecule has 0 aliphatic rings. The van der Waals surface area contributed by atoms with E-state index in [-0.39, 0.29) is 12.3 Å². The lowest BCUT2D eigenvalue weighted by Gasteiger charge is -2.15. The predicted octanol–water partition coefficient (Wildman–Crippen LogP) is 4.19. The Labute approximate surface area is 161 Å². The molecule has 0 fully saturated rings. The third-order valence-corrected chi connectivity index (χ3v) is 4.49. The number of benzene rings is 2. The molecule has 0 unspecified atom stereocenters. The van der Waals surface area contributed by atoms with Crippen molar-refractivity contribution in [3.05, 3.63) is 57.6 Å². The van der Waals surface area contributed by atoms with Crippen LogP contribution in [0.25, 0.3) is 0 Å². The molecule has 0 aliphatic carbocycles. The van der Waals surface area contributed by atoms with Gasteiger partial charge in [-0.15, -0.1) is 0 Å². The Morgan fingerprint density at radius 2 is 1.77 bits per heavy atom. The van der Waals surface area contributed by atoms with Crippen LogP contribution < -0.4 is 10.1 Å². The first-order valence-corrected chi connectivity index (χ1v) is 8.99. The minimum atomic E-state index is -0.911. The molecule has 0 saturated carbocycles. The maximum absolute atomic E-state index is 12.3. The van der Waals surface area contributed by atoms with Gasteiger partial charge in [0, 0.05) is 10.0 Å². The molecule has 0 bridgehead atoms. The molecule has 26 heavy (non-hydrogen) atoms. The highest BCUT2D eigenvalue weighted by Crippen LogP contribution is 2.24. The van der Waals surface area contributed by atoms with Crippen LogP contribution in [0.15, 0.2) is 40.9 Å². The number of carbonyl (C=O) groups is 2. The monoisotopic (exact) mass is 419 g/mol. The summed E-state index contributed by atoms with van der Waals surface area (Å²) in [5.41, 5.74) is 3.44. The van der Waals surface area contributed by atoms with Crippen molar-refractivity contribution in [3.8, 4) is 5.75 Å². The van der Waals surface area contributed by atoms with Crippen molar-refractivity contribution in [2.75, 3.05) is 12.4 Å². The van der Waals surface area contributed by atoms with Gasteiger partial charge in [-0.25, -0.2) is 0 Å². The third kappa shape index (κ3) is 5.33. The molecule has 1 atom stereocenters. The fourth-order valence-corrected chi connectivity index (χ4v) is 3.04. The smallest absolute Gasteiger partial charge is 0.311 e. The Kier molecular flexibility index (Phi) is 6.80. The minimum absolute atomic E-state index is 0.0384. The van der Waals surface area contributed by atoms with E-state index in [0.29, 0.717) is 11.4 Å². The van der Waals surface area contributed by atoms with E-state index in [1.807, 2.05) is 44.2 Å². The molecule has 2 rings (SSSR count). The molecule has 1 N–H and O–H groups in total. The summed E-state index contributed by atoms with van der Waals surface area (Å²) in [5.74, 6) is -0.258. The molecule has 6 heteroatoms. The van der Waals surface area contributed by atoms with Crippen LogP contribution >= 0.6 is 15.9 Å². The van der Waals surface area contributed by atoms with Crippen LogP contribution in [-0.2, 0) is 20.7 Å². The van der Waals surface area contributed by atoms with Crippen molar-refractivity contribution in [3.63, 3.8) is 0 Å². The Bertz CT molecular complexity index is 819. The fraction of sp³-hybridized carbons (Fsp3) is 0.300. The summed E-state index contributed by atoms with van der Waals surface area (Å²) >= 11 is 3.41. The number of methoxy groups -OCH3 is 1. The fourth-order valence-electron chi connectivity index (χ4n) is 2.45. The molecule has 0 saturated heterocycles. The number of hydrogen-bond donors (Lipinski definition) is 1. The number of amides is 1.